The molecule has 158 valence electrons. The molecule has 3 aromatic rings. The molecule has 31 heavy (non-hydrogen) atoms. The fourth-order valence-electron chi connectivity index (χ4n) is 3.03. The molecule has 1 atom stereocenters. The van der Waals surface area contributed by atoms with E-state index in [1.807, 2.05) is 84.9 Å². The highest BCUT2D eigenvalue weighted by Crippen LogP contribution is 2.17. The van der Waals surface area contributed by atoms with Gasteiger partial charge in [-0.3, -0.25) is 10.3 Å². The third-order valence-electron chi connectivity index (χ3n) is 4.80. The molecule has 0 saturated carbocycles. The first-order chi connectivity index (χ1) is 15.2. The zero-order valence-electron chi connectivity index (χ0n) is 17.4. The van der Waals surface area contributed by atoms with E-state index in [4.69, 9.17) is 5.26 Å². The quantitative estimate of drug-likeness (QED) is 0.172. The number of aliphatic imine (C=N–C) groups is 1. The van der Waals surface area contributed by atoms with Crippen LogP contribution < -0.4 is 15.5 Å². The van der Waals surface area contributed by atoms with Gasteiger partial charge in [0.1, 0.15) is 0 Å². The van der Waals surface area contributed by atoms with Gasteiger partial charge in [-0.15, -0.1) is 0 Å². The molecule has 7 nitrogen and oxygen atoms in total. The van der Waals surface area contributed by atoms with Crippen molar-refractivity contribution in [3.63, 3.8) is 0 Å². The van der Waals surface area contributed by atoms with Gasteiger partial charge in [-0.05, 0) is 48.9 Å². The van der Waals surface area contributed by atoms with Gasteiger partial charge in [-0.25, -0.2) is 4.99 Å². The minimum absolute atomic E-state index is 0.451. The predicted molar refractivity (Wildman–Crippen MR) is 123 cm³/mol. The number of nitriles is 1. The van der Waals surface area contributed by atoms with Gasteiger partial charge in [-0.1, -0.05) is 36.4 Å². The molecule has 0 unspecified atom stereocenters. The summed E-state index contributed by atoms with van der Waals surface area (Å²) < 4.78 is 0. The van der Waals surface area contributed by atoms with Crippen molar-refractivity contribution in [2.75, 3.05) is 25.0 Å². The van der Waals surface area contributed by atoms with Crippen LogP contribution in [0.2, 0.25) is 0 Å². The normalized spacial score (nSPS) is 12.1. The van der Waals surface area contributed by atoms with E-state index in [1.165, 1.54) is 0 Å². The number of guanidine groups is 1. The number of para-hydroxylation sites is 1. The molecule has 0 bridgehead atoms. The maximum Gasteiger partial charge on any atom is 0.216 e. The van der Waals surface area contributed by atoms with Crippen molar-refractivity contribution in [3.8, 4) is 6.19 Å². The van der Waals surface area contributed by atoms with E-state index in [9.17, 15) is 5.11 Å². The molecule has 2 aromatic carbocycles. The van der Waals surface area contributed by atoms with Gasteiger partial charge >= 0.3 is 0 Å². The van der Waals surface area contributed by atoms with Crippen LogP contribution in [0.3, 0.4) is 0 Å². The molecule has 1 aromatic heterocycles. The van der Waals surface area contributed by atoms with Crippen LogP contribution in [0.4, 0.5) is 11.4 Å². The van der Waals surface area contributed by atoms with Crippen molar-refractivity contribution in [1.29, 1.82) is 5.26 Å². The molecular weight excluding hydrogens is 388 g/mol. The third kappa shape index (κ3) is 6.64. The molecule has 0 aliphatic heterocycles. The molecule has 0 aliphatic carbocycles. The Balaban J connectivity index is 1.54. The Labute approximate surface area is 182 Å². The molecular formula is C24H26N6O. The average molecular weight is 415 g/mol. The predicted octanol–water partition coefficient (Wildman–Crippen LogP) is 3.14. The van der Waals surface area contributed by atoms with Crippen LogP contribution in [-0.4, -0.2) is 36.2 Å². The smallest absolute Gasteiger partial charge is 0.216 e. The third-order valence-corrected chi connectivity index (χ3v) is 4.80. The van der Waals surface area contributed by atoms with Gasteiger partial charge in [0.2, 0.25) is 5.96 Å². The van der Waals surface area contributed by atoms with Crippen molar-refractivity contribution in [3.05, 3.63) is 90.3 Å². The van der Waals surface area contributed by atoms with Crippen molar-refractivity contribution in [2.45, 2.75) is 12.5 Å². The topological polar surface area (TPSA) is 96.6 Å². The lowest BCUT2D eigenvalue weighted by Gasteiger charge is -2.19. The van der Waals surface area contributed by atoms with Gasteiger partial charge in [-0.2, -0.15) is 5.26 Å². The van der Waals surface area contributed by atoms with E-state index in [1.54, 1.807) is 12.4 Å². The molecule has 0 fully saturated rings. The number of rotatable bonds is 8. The Morgan fingerprint density at radius 3 is 2.58 bits per heavy atom. The molecule has 0 spiro atoms. The number of benzene rings is 2. The van der Waals surface area contributed by atoms with Crippen molar-refractivity contribution >= 4 is 17.3 Å². The Hall–Kier alpha value is -3.73. The Morgan fingerprint density at radius 1 is 1.13 bits per heavy atom. The minimum Gasteiger partial charge on any atom is -0.387 e. The number of aliphatic hydroxyl groups is 1. The average Bonchev–Trinajstić information content (AvgIpc) is 2.83. The number of hydrogen-bond acceptors (Lipinski definition) is 5. The lowest BCUT2D eigenvalue weighted by Crippen LogP contribution is -2.36. The highest BCUT2D eigenvalue weighted by Gasteiger charge is 2.09. The summed E-state index contributed by atoms with van der Waals surface area (Å²) in [6, 6.07) is 21.3. The van der Waals surface area contributed by atoms with Crippen LogP contribution >= 0.6 is 0 Å². The summed E-state index contributed by atoms with van der Waals surface area (Å²) in [7, 11) is 1.86. The largest absolute Gasteiger partial charge is 0.387 e. The monoisotopic (exact) mass is 414 g/mol. The van der Waals surface area contributed by atoms with Gasteiger partial charge < -0.3 is 15.3 Å². The zero-order chi connectivity index (χ0) is 21.9. The maximum atomic E-state index is 10.2. The number of nitrogens with one attached hydrogen (secondary N) is 2. The van der Waals surface area contributed by atoms with Gasteiger partial charge in [0, 0.05) is 37.2 Å². The SMILES string of the molecule is CN(C(=Nc1ccc(CCNC[C@H](O)c2cccnc2)cc1)NC#N)c1ccccc1. The molecule has 1 heterocycles. The molecule has 3 N–H and O–H groups in total. The fraction of sp³-hybridized carbons (Fsp3) is 0.208. The van der Waals surface area contributed by atoms with Crippen LogP contribution in [0.5, 0.6) is 0 Å². The lowest BCUT2D eigenvalue weighted by atomic mass is 10.1. The second-order valence-electron chi connectivity index (χ2n) is 6.99. The minimum atomic E-state index is -0.571. The first-order valence-electron chi connectivity index (χ1n) is 10.1. The Kier molecular flexibility index (Phi) is 8.12. The van der Waals surface area contributed by atoms with E-state index < -0.39 is 6.10 Å². The number of nitrogens with zero attached hydrogens (tertiary/aromatic N) is 4. The van der Waals surface area contributed by atoms with Gasteiger partial charge in [0.25, 0.3) is 0 Å². The summed E-state index contributed by atoms with van der Waals surface area (Å²) in [5, 5.41) is 25.2. The first kappa shape index (κ1) is 22.0. The van der Waals surface area contributed by atoms with Gasteiger partial charge in [0.05, 0.1) is 11.8 Å². The highest BCUT2D eigenvalue weighted by atomic mass is 16.3. The van der Waals surface area contributed by atoms with Crippen LogP contribution in [-0.2, 0) is 6.42 Å². The number of aliphatic hydroxyl groups excluding tert-OH is 1. The summed E-state index contributed by atoms with van der Waals surface area (Å²) in [6.45, 7) is 1.22. The summed E-state index contributed by atoms with van der Waals surface area (Å²) in [5.74, 6) is 0.451. The molecule has 0 radical (unpaired) electrons. The van der Waals surface area contributed by atoms with Crippen LogP contribution in [0, 0.1) is 11.5 Å². The second kappa shape index (κ2) is 11.5. The summed E-state index contributed by atoms with van der Waals surface area (Å²) in [4.78, 5) is 10.4. The van der Waals surface area contributed by atoms with Crippen molar-refractivity contribution < 1.29 is 5.11 Å². The zero-order valence-corrected chi connectivity index (χ0v) is 17.4. The number of anilines is 1. The number of aromatic nitrogens is 1. The van der Waals surface area contributed by atoms with E-state index >= 15 is 0 Å². The van der Waals surface area contributed by atoms with E-state index in [2.05, 4.69) is 20.6 Å². The van der Waals surface area contributed by atoms with E-state index in [0.29, 0.717) is 12.5 Å². The Bertz CT molecular complexity index is 1000. The highest BCUT2D eigenvalue weighted by molar-refractivity contribution is 5.97. The molecule has 3 rings (SSSR count). The van der Waals surface area contributed by atoms with Crippen LogP contribution in [0.15, 0.2) is 84.1 Å². The lowest BCUT2D eigenvalue weighted by molar-refractivity contribution is 0.174. The molecule has 7 heteroatoms. The molecule has 0 amide bonds. The first-order valence-corrected chi connectivity index (χ1v) is 10.1. The number of pyridine rings is 1. The van der Waals surface area contributed by atoms with Crippen molar-refractivity contribution in [2.24, 2.45) is 4.99 Å². The molecule has 0 aliphatic rings. The standard InChI is InChI=1S/C24H26N6O/c1-30(22-7-3-2-4-8-22)24(28-18-25)29-21-11-9-19(10-12-21)13-15-27-17-23(31)20-6-5-14-26-16-20/h2-12,14,16,23,27,31H,13,15,17H2,1H3,(H,28,29)/t23-/m0/s1. The summed E-state index contributed by atoms with van der Waals surface area (Å²) in [6.07, 6.45) is 5.58. The van der Waals surface area contributed by atoms with Crippen LogP contribution in [0.25, 0.3) is 0 Å². The van der Waals surface area contributed by atoms with E-state index in [-0.39, 0.29) is 0 Å². The van der Waals surface area contributed by atoms with Crippen LogP contribution in [0.1, 0.15) is 17.2 Å². The summed E-state index contributed by atoms with van der Waals surface area (Å²) >= 11 is 0. The van der Waals surface area contributed by atoms with Gasteiger partial charge in [0.15, 0.2) is 6.19 Å². The Morgan fingerprint density at radius 2 is 1.90 bits per heavy atom. The summed E-state index contributed by atoms with van der Waals surface area (Å²) in [5.41, 5.74) is 3.65. The fourth-order valence-corrected chi connectivity index (χ4v) is 3.03. The van der Waals surface area contributed by atoms with Crippen molar-refractivity contribution in [1.82, 2.24) is 15.6 Å². The van der Waals surface area contributed by atoms with E-state index in [0.717, 1.165) is 35.5 Å². The molecule has 0 saturated heterocycles. The second-order valence-corrected chi connectivity index (χ2v) is 6.99. The maximum absolute atomic E-state index is 10.2. The number of hydrogen-bond donors (Lipinski definition) is 3.